The van der Waals surface area contributed by atoms with Crippen molar-refractivity contribution in [1.82, 2.24) is 10.4 Å². The van der Waals surface area contributed by atoms with Gasteiger partial charge in [-0.25, -0.2) is 4.98 Å². The minimum atomic E-state index is -4.66. The zero-order valence-electron chi connectivity index (χ0n) is 12.8. The summed E-state index contributed by atoms with van der Waals surface area (Å²) in [6.45, 7) is 3.22. The van der Waals surface area contributed by atoms with Crippen molar-refractivity contribution < 1.29 is 18.0 Å². The van der Waals surface area contributed by atoms with Crippen LogP contribution in [0, 0.1) is 25.2 Å². The van der Waals surface area contributed by atoms with Crippen molar-refractivity contribution in [2.45, 2.75) is 20.0 Å². The first-order valence-corrected chi connectivity index (χ1v) is 6.84. The number of hydrazine groups is 1. The number of benzene rings is 1. The van der Waals surface area contributed by atoms with Crippen LogP contribution >= 0.6 is 0 Å². The van der Waals surface area contributed by atoms with Gasteiger partial charge in [-0.2, -0.15) is 18.4 Å². The van der Waals surface area contributed by atoms with Crippen LogP contribution in [0.15, 0.2) is 30.3 Å². The number of nitrogens with one attached hydrogen (secondary N) is 2. The van der Waals surface area contributed by atoms with Crippen molar-refractivity contribution in [3.8, 4) is 6.07 Å². The minimum absolute atomic E-state index is 0.0767. The highest BCUT2D eigenvalue weighted by Crippen LogP contribution is 2.30. The lowest BCUT2D eigenvalue weighted by Crippen LogP contribution is -2.30. The highest BCUT2D eigenvalue weighted by molar-refractivity contribution is 5.94. The summed E-state index contributed by atoms with van der Waals surface area (Å²) in [5, 5.41) is 9.08. The standard InChI is InChI=1S/C16H13F3N4O/c1-9-3-5-11(6-4-9)15(24)23-22-14-12(8-20)10(2)7-13(21-14)16(17,18)19/h3-7H,1-2H3,(H,21,22)(H,23,24). The van der Waals surface area contributed by atoms with Crippen molar-refractivity contribution in [3.05, 3.63) is 58.3 Å². The van der Waals surface area contributed by atoms with Crippen LogP contribution in [0.4, 0.5) is 19.0 Å². The molecule has 2 rings (SSSR count). The van der Waals surface area contributed by atoms with Gasteiger partial charge < -0.3 is 0 Å². The van der Waals surface area contributed by atoms with Crippen molar-refractivity contribution in [2.24, 2.45) is 0 Å². The third-order valence-electron chi connectivity index (χ3n) is 3.23. The molecule has 1 aromatic carbocycles. The molecule has 2 aromatic rings. The zero-order valence-corrected chi connectivity index (χ0v) is 12.8. The summed E-state index contributed by atoms with van der Waals surface area (Å²) in [6, 6.07) is 9.15. The molecule has 2 N–H and O–H groups in total. The van der Waals surface area contributed by atoms with Gasteiger partial charge in [0.25, 0.3) is 5.91 Å². The molecule has 1 aromatic heterocycles. The quantitative estimate of drug-likeness (QED) is 0.844. The van der Waals surface area contributed by atoms with E-state index < -0.39 is 17.8 Å². The molecule has 5 nitrogen and oxygen atoms in total. The molecule has 0 unspecified atom stereocenters. The number of carbonyl (C=O) groups is 1. The summed E-state index contributed by atoms with van der Waals surface area (Å²) in [5.74, 6) is -0.916. The van der Waals surface area contributed by atoms with Crippen LogP contribution < -0.4 is 10.9 Å². The molecule has 0 saturated carbocycles. The molecular formula is C16H13F3N4O. The summed E-state index contributed by atoms with van der Waals surface area (Å²) in [7, 11) is 0. The van der Waals surface area contributed by atoms with E-state index in [1.54, 1.807) is 30.3 Å². The molecule has 0 bridgehead atoms. The number of aryl methyl sites for hydroxylation is 2. The molecule has 8 heteroatoms. The monoisotopic (exact) mass is 334 g/mol. The van der Waals surface area contributed by atoms with E-state index in [4.69, 9.17) is 5.26 Å². The van der Waals surface area contributed by atoms with Gasteiger partial charge in [0.15, 0.2) is 5.82 Å². The topological polar surface area (TPSA) is 77.8 Å². The first-order valence-electron chi connectivity index (χ1n) is 6.84. The van der Waals surface area contributed by atoms with Crippen LogP contribution in [0.1, 0.15) is 32.7 Å². The van der Waals surface area contributed by atoms with Crippen molar-refractivity contribution in [3.63, 3.8) is 0 Å². The number of anilines is 1. The van der Waals surface area contributed by atoms with Gasteiger partial charge in [-0.3, -0.25) is 15.6 Å². The van der Waals surface area contributed by atoms with Gasteiger partial charge in [0.2, 0.25) is 0 Å². The van der Waals surface area contributed by atoms with Crippen LogP contribution in [0.2, 0.25) is 0 Å². The van der Waals surface area contributed by atoms with E-state index in [1.807, 2.05) is 6.92 Å². The number of nitrogens with zero attached hydrogens (tertiary/aromatic N) is 2. The number of aromatic nitrogens is 1. The fraction of sp³-hybridized carbons (Fsp3) is 0.188. The predicted molar refractivity (Wildman–Crippen MR) is 81.0 cm³/mol. The van der Waals surface area contributed by atoms with Crippen LogP contribution in [0.5, 0.6) is 0 Å². The van der Waals surface area contributed by atoms with E-state index >= 15 is 0 Å². The molecule has 0 spiro atoms. The predicted octanol–water partition coefficient (Wildman–Crippen LogP) is 3.35. The number of pyridine rings is 1. The molecule has 24 heavy (non-hydrogen) atoms. The normalized spacial score (nSPS) is 10.8. The average molecular weight is 334 g/mol. The number of alkyl halides is 3. The van der Waals surface area contributed by atoms with E-state index in [1.165, 1.54) is 6.92 Å². The van der Waals surface area contributed by atoms with Crippen LogP contribution in [-0.2, 0) is 6.18 Å². The Morgan fingerprint density at radius 1 is 1.21 bits per heavy atom. The van der Waals surface area contributed by atoms with Crippen molar-refractivity contribution in [1.29, 1.82) is 5.26 Å². The summed E-state index contributed by atoms with van der Waals surface area (Å²) >= 11 is 0. The second kappa shape index (κ2) is 6.58. The largest absolute Gasteiger partial charge is 0.433 e. The minimum Gasteiger partial charge on any atom is -0.280 e. The second-order valence-corrected chi connectivity index (χ2v) is 5.10. The van der Waals surface area contributed by atoms with Gasteiger partial charge in [0.05, 0.1) is 5.56 Å². The van der Waals surface area contributed by atoms with Gasteiger partial charge in [0, 0.05) is 5.56 Å². The Kier molecular flexibility index (Phi) is 4.74. The van der Waals surface area contributed by atoms with Crippen LogP contribution in [0.3, 0.4) is 0 Å². The lowest BCUT2D eigenvalue weighted by Gasteiger charge is -2.14. The highest BCUT2D eigenvalue weighted by Gasteiger charge is 2.34. The van der Waals surface area contributed by atoms with Gasteiger partial charge in [0.1, 0.15) is 11.8 Å². The molecule has 0 radical (unpaired) electrons. The Labute approximate surface area is 136 Å². The molecule has 0 atom stereocenters. The first-order chi connectivity index (χ1) is 11.2. The molecule has 0 fully saturated rings. The second-order valence-electron chi connectivity index (χ2n) is 5.10. The molecule has 0 saturated heterocycles. The Morgan fingerprint density at radius 2 is 1.83 bits per heavy atom. The van der Waals surface area contributed by atoms with Gasteiger partial charge in [-0.05, 0) is 37.6 Å². The van der Waals surface area contributed by atoms with Gasteiger partial charge in [-0.15, -0.1) is 0 Å². The fourth-order valence-electron chi connectivity index (χ4n) is 1.94. The molecule has 1 heterocycles. The van der Waals surface area contributed by atoms with Crippen LogP contribution in [0.25, 0.3) is 0 Å². The smallest absolute Gasteiger partial charge is 0.280 e. The zero-order chi connectivity index (χ0) is 17.9. The van der Waals surface area contributed by atoms with Gasteiger partial charge >= 0.3 is 6.18 Å². The fourth-order valence-corrected chi connectivity index (χ4v) is 1.94. The maximum Gasteiger partial charge on any atom is 0.433 e. The van der Waals surface area contributed by atoms with E-state index in [2.05, 4.69) is 15.8 Å². The van der Waals surface area contributed by atoms with Gasteiger partial charge in [-0.1, -0.05) is 17.7 Å². The Hall–Kier alpha value is -3.08. The number of nitriles is 1. The molecule has 0 aliphatic heterocycles. The number of carbonyl (C=O) groups excluding carboxylic acids is 1. The lowest BCUT2D eigenvalue weighted by molar-refractivity contribution is -0.141. The van der Waals surface area contributed by atoms with E-state index in [-0.39, 0.29) is 16.9 Å². The summed E-state index contributed by atoms with van der Waals surface area (Å²) < 4.78 is 38.5. The molecular weight excluding hydrogens is 321 g/mol. The van der Waals surface area contributed by atoms with E-state index in [0.717, 1.165) is 11.6 Å². The third kappa shape index (κ3) is 3.81. The Balaban J connectivity index is 2.25. The van der Waals surface area contributed by atoms with E-state index in [0.29, 0.717) is 5.56 Å². The first kappa shape index (κ1) is 17.3. The third-order valence-corrected chi connectivity index (χ3v) is 3.23. The molecule has 0 aliphatic rings. The maximum atomic E-state index is 12.8. The maximum absolute atomic E-state index is 12.8. The summed E-state index contributed by atoms with van der Waals surface area (Å²) in [5.41, 5.74) is 4.70. The number of amides is 1. The molecule has 1 amide bonds. The van der Waals surface area contributed by atoms with Crippen LogP contribution in [-0.4, -0.2) is 10.9 Å². The number of hydrogen-bond acceptors (Lipinski definition) is 4. The Morgan fingerprint density at radius 3 is 2.38 bits per heavy atom. The SMILES string of the molecule is Cc1ccc(C(=O)NNc2nc(C(F)(F)F)cc(C)c2C#N)cc1. The molecule has 124 valence electrons. The molecule has 0 aliphatic carbocycles. The number of halogens is 3. The number of rotatable bonds is 3. The van der Waals surface area contributed by atoms with Crippen molar-refractivity contribution in [2.75, 3.05) is 5.43 Å². The summed E-state index contributed by atoms with van der Waals surface area (Å²) in [6.07, 6.45) is -4.66. The highest BCUT2D eigenvalue weighted by atomic mass is 19.4. The summed E-state index contributed by atoms with van der Waals surface area (Å²) in [4.78, 5) is 15.4. The van der Waals surface area contributed by atoms with E-state index in [9.17, 15) is 18.0 Å². The van der Waals surface area contributed by atoms with Crippen molar-refractivity contribution >= 4 is 11.7 Å². The average Bonchev–Trinajstić information content (AvgIpc) is 2.52. The lowest BCUT2D eigenvalue weighted by atomic mass is 10.1. The Bertz CT molecular complexity index is 808. The number of hydrogen-bond donors (Lipinski definition) is 2.